The van der Waals surface area contributed by atoms with Crippen LogP contribution in [0.15, 0.2) is 42.4 Å². The Hall–Kier alpha value is -3.49. The quantitative estimate of drug-likeness (QED) is 0.494. The molecule has 1 unspecified atom stereocenters. The molecule has 0 radical (unpaired) electrons. The Morgan fingerprint density at radius 2 is 2.12 bits per heavy atom. The van der Waals surface area contributed by atoms with Crippen molar-refractivity contribution in [1.29, 1.82) is 0 Å². The molecule has 1 fully saturated rings. The fraction of sp³-hybridized carbons (Fsp3) is 0.440. The summed E-state index contributed by atoms with van der Waals surface area (Å²) in [5, 5.41) is 13.7. The van der Waals surface area contributed by atoms with Gasteiger partial charge in [-0.3, -0.25) is 9.89 Å². The van der Waals surface area contributed by atoms with Gasteiger partial charge in [0.05, 0.1) is 5.69 Å². The summed E-state index contributed by atoms with van der Waals surface area (Å²) < 4.78 is 13.0. The molecule has 1 atom stereocenters. The zero-order chi connectivity index (χ0) is 24.2. The molecule has 0 bridgehead atoms. The Bertz CT molecular complexity index is 1130. The number of carbonyl (C=O) groups excluding carboxylic acids is 1. The lowest BCUT2D eigenvalue weighted by Crippen LogP contribution is -2.43. The van der Waals surface area contributed by atoms with Gasteiger partial charge in [0.15, 0.2) is 5.82 Å². The number of hydrogen-bond acceptors (Lipinski definition) is 6. The molecule has 1 aliphatic heterocycles. The average molecular weight is 466 g/mol. The minimum absolute atomic E-state index is 0.160. The Morgan fingerprint density at radius 3 is 2.82 bits per heavy atom. The highest BCUT2D eigenvalue weighted by atomic mass is 19.1. The summed E-state index contributed by atoms with van der Waals surface area (Å²) >= 11 is 0. The van der Waals surface area contributed by atoms with Crippen molar-refractivity contribution in [1.82, 2.24) is 25.5 Å². The molecule has 0 spiro atoms. The van der Waals surface area contributed by atoms with Gasteiger partial charge >= 0.3 is 0 Å². The van der Waals surface area contributed by atoms with E-state index in [1.165, 1.54) is 12.2 Å². The summed E-state index contributed by atoms with van der Waals surface area (Å²) in [7, 11) is 0. The Labute approximate surface area is 199 Å². The number of aromatic nitrogens is 4. The van der Waals surface area contributed by atoms with E-state index in [4.69, 9.17) is 9.97 Å². The number of nitrogens with one attached hydrogen (secondary N) is 3. The van der Waals surface area contributed by atoms with E-state index in [-0.39, 0.29) is 5.91 Å². The van der Waals surface area contributed by atoms with Crippen LogP contribution in [0.1, 0.15) is 62.9 Å². The number of aromatic amines is 1. The molecule has 1 aliphatic carbocycles. The normalized spacial score (nSPS) is 18.1. The van der Waals surface area contributed by atoms with E-state index in [9.17, 15) is 9.18 Å². The van der Waals surface area contributed by atoms with Crippen molar-refractivity contribution in [3.63, 3.8) is 0 Å². The first-order chi connectivity index (χ1) is 16.4. The molecule has 2 aromatic rings. The van der Waals surface area contributed by atoms with E-state index >= 15 is 0 Å². The van der Waals surface area contributed by atoms with Crippen LogP contribution in [0, 0.1) is 0 Å². The standard InChI is InChI=1S/C25H32FN7O/c1-5-17(12-11-16(4)26)27-24(34)21-10-7-13-33(21)25-28-19-9-6-8-18(19)23(30-25)29-22-14-20(15(2)3)31-32-22/h5,11-12,14-15,21H,4,6-10,13H2,1-3H3,(H,27,34)(H2,28,29,30,31,32)/b12-11-,17-5+. The molecule has 0 aromatic carbocycles. The fourth-order valence-electron chi connectivity index (χ4n) is 4.36. The SMILES string of the molecule is C=C(F)/C=C\C(=C/C)NC(=O)C1CCCN1c1nc2c(c(Nc3cc(C(C)C)[nH]n3)n1)CCC2. The first kappa shape index (κ1) is 23.7. The lowest BCUT2D eigenvalue weighted by atomic mass is 10.1. The molecule has 2 aromatic heterocycles. The highest BCUT2D eigenvalue weighted by Crippen LogP contribution is 2.32. The third-order valence-electron chi connectivity index (χ3n) is 6.22. The van der Waals surface area contributed by atoms with E-state index < -0.39 is 11.9 Å². The molecule has 8 nitrogen and oxygen atoms in total. The first-order valence-corrected chi connectivity index (χ1v) is 11.8. The third-order valence-corrected chi connectivity index (χ3v) is 6.22. The molecule has 0 saturated carbocycles. The summed E-state index contributed by atoms with van der Waals surface area (Å²) in [6, 6.07) is 1.60. The van der Waals surface area contributed by atoms with Crippen LogP contribution in [0.5, 0.6) is 0 Å². The number of hydrogen-bond donors (Lipinski definition) is 3. The number of rotatable bonds is 8. The second kappa shape index (κ2) is 10.2. The van der Waals surface area contributed by atoms with Gasteiger partial charge in [0.1, 0.15) is 17.7 Å². The molecule has 1 saturated heterocycles. The van der Waals surface area contributed by atoms with Crippen LogP contribution in [-0.2, 0) is 17.6 Å². The summed E-state index contributed by atoms with van der Waals surface area (Å²) in [5.74, 6) is 1.64. The number of nitrogens with zero attached hydrogens (tertiary/aromatic N) is 4. The number of amides is 1. The van der Waals surface area contributed by atoms with Gasteiger partial charge < -0.3 is 15.5 Å². The predicted molar refractivity (Wildman–Crippen MR) is 132 cm³/mol. The van der Waals surface area contributed by atoms with Gasteiger partial charge in [-0.05, 0) is 57.1 Å². The van der Waals surface area contributed by atoms with Crippen LogP contribution in [0.3, 0.4) is 0 Å². The molecule has 1 amide bonds. The zero-order valence-electron chi connectivity index (χ0n) is 20.0. The van der Waals surface area contributed by atoms with E-state index in [0.29, 0.717) is 30.5 Å². The minimum atomic E-state index is -0.569. The van der Waals surface area contributed by atoms with Crippen LogP contribution < -0.4 is 15.5 Å². The van der Waals surface area contributed by atoms with E-state index in [2.05, 4.69) is 41.3 Å². The topological polar surface area (TPSA) is 98.8 Å². The van der Waals surface area contributed by atoms with E-state index in [1.807, 2.05) is 11.0 Å². The average Bonchev–Trinajstić information content (AvgIpc) is 3.56. The summed E-state index contributed by atoms with van der Waals surface area (Å²) in [4.78, 5) is 24.7. The second-order valence-corrected chi connectivity index (χ2v) is 9.00. The zero-order valence-corrected chi connectivity index (χ0v) is 20.0. The maximum Gasteiger partial charge on any atom is 0.247 e. The fourth-order valence-corrected chi connectivity index (χ4v) is 4.36. The number of fused-ring (bicyclic) bond motifs is 1. The molecule has 3 heterocycles. The van der Waals surface area contributed by atoms with Crippen molar-refractivity contribution in [3.05, 3.63) is 59.3 Å². The molecular weight excluding hydrogens is 433 g/mol. The molecule has 4 rings (SSSR count). The molecular formula is C25H32FN7O. The lowest BCUT2D eigenvalue weighted by Gasteiger charge is -2.25. The minimum Gasteiger partial charge on any atom is -0.329 e. The van der Waals surface area contributed by atoms with Crippen LogP contribution in [0.25, 0.3) is 0 Å². The molecule has 34 heavy (non-hydrogen) atoms. The first-order valence-electron chi connectivity index (χ1n) is 11.8. The highest BCUT2D eigenvalue weighted by molar-refractivity contribution is 5.87. The van der Waals surface area contributed by atoms with E-state index in [1.54, 1.807) is 13.0 Å². The van der Waals surface area contributed by atoms with Crippen molar-refractivity contribution in [2.24, 2.45) is 0 Å². The predicted octanol–water partition coefficient (Wildman–Crippen LogP) is 4.58. The van der Waals surface area contributed by atoms with Gasteiger partial charge in [0.2, 0.25) is 11.9 Å². The van der Waals surface area contributed by atoms with Crippen molar-refractivity contribution < 1.29 is 9.18 Å². The Kier molecular flexibility index (Phi) is 7.09. The maximum absolute atomic E-state index is 13.1. The molecule has 180 valence electrons. The number of H-pyrrole nitrogens is 1. The van der Waals surface area contributed by atoms with Gasteiger partial charge in [-0.1, -0.05) is 26.5 Å². The van der Waals surface area contributed by atoms with Crippen LogP contribution in [0.4, 0.5) is 22.0 Å². The van der Waals surface area contributed by atoms with Gasteiger partial charge in [0, 0.05) is 29.6 Å². The number of carbonyl (C=O) groups is 1. The number of anilines is 3. The summed E-state index contributed by atoms with van der Waals surface area (Å²) in [6.45, 7) is 9.92. The van der Waals surface area contributed by atoms with E-state index in [0.717, 1.165) is 54.3 Å². The largest absolute Gasteiger partial charge is 0.329 e. The van der Waals surface area contributed by atoms with Crippen LogP contribution in [-0.4, -0.2) is 38.7 Å². The van der Waals surface area contributed by atoms with Gasteiger partial charge in [-0.2, -0.15) is 10.1 Å². The smallest absolute Gasteiger partial charge is 0.247 e. The molecule has 3 N–H and O–H groups in total. The number of aryl methyl sites for hydroxylation is 1. The van der Waals surface area contributed by atoms with Crippen molar-refractivity contribution in [2.75, 3.05) is 16.8 Å². The Balaban J connectivity index is 1.57. The monoisotopic (exact) mass is 465 g/mol. The highest BCUT2D eigenvalue weighted by Gasteiger charge is 2.34. The van der Waals surface area contributed by atoms with Crippen molar-refractivity contribution in [2.45, 2.75) is 64.8 Å². The second-order valence-electron chi connectivity index (χ2n) is 9.00. The van der Waals surface area contributed by atoms with Gasteiger partial charge in [-0.25, -0.2) is 9.37 Å². The number of allylic oxidation sites excluding steroid dienone is 4. The van der Waals surface area contributed by atoms with Crippen LogP contribution in [0.2, 0.25) is 0 Å². The van der Waals surface area contributed by atoms with Gasteiger partial charge in [-0.15, -0.1) is 0 Å². The van der Waals surface area contributed by atoms with Crippen molar-refractivity contribution in [3.8, 4) is 0 Å². The molecule has 9 heteroatoms. The van der Waals surface area contributed by atoms with Crippen molar-refractivity contribution >= 4 is 23.5 Å². The molecule has 2 aliphatic rings. The summed E-state index contributed by atoms with van der Waals surface area (Å²) in [5.41, 5.74) is 3.71. The Morgan fingerprint density at radius 1 is 1.29 bits per heavy atom. The van der Waals surface area contributed by atoms with Crippen LogP contribution >= 0.6 is 0 Å². The lowest BCUT2D eigenvalue weighted by molar-refractivity contribution is -0.121. The maximum atomic E-state index is 13.1. The third kappa shape index (κ3) is 5.18. The number of halogens is 1. The summed E-state index contributed by atoms with van der Waals surface area (Å²) in [6.07, 6.45) is 8.85. The van der Waals surface area contributed by atoms with Gasteiger partial charge in [0.25, 0.3) is 0 Å².